The molecule has 0 radical (unpaired) electrons. The maximum absolute atomic E-state index is 11.7. The quantitative estimate of drug-likeness (QED) is 0.394. The third-order valence-corrected chi connectivity index (χ3v) is 6.60. The van der Waals surface area contributed by atoms with E-state index in [4.69, 9.17) is 28.2 Å². The van der Waals surface area contributed by atoms with Gasteiger partial charge in [-0.3, -0.25) is 4.79 Å². The molecule has 3 rings (SSSR count). The molecule has 29 heavy (non-hydrogen) atoms. The zero-order chi connectivity index (χ0) is 21.0. The average molecular weight is 451 g/mol. The molecule has 2 aromatic carbocycles. The van der Waals surface area contributed by atoms with Crippen LogP contribution in [0, 0.1) is 5.92 Å². The lowest BCUT2D eigenvalue weighted by atomic mass is 9.99. The van der Waals surface area contributed by atoms with Crippen molar-refractivity contribution in [2.45, 2.75) is 26.2 Å². The fourth-order valence-corrected chi connectivity index (χ4v) is 4.30. The molecule has 4 nitrogen and oxygen atoms in total. The van der Waals surface area contributed by atoms with Gasteiger partial charge in [-0.05, 0) is 30.0 Å². The molecular weight excluding hydrogens is 427 g/mol. The molecule has 1 unspecified atom stereocenters. The number of nitrogens with zero attached hydrogens (tertiary/aromatic N) is 1. The highest BCUT2D eigenvalue weighted by atomic mass is 35.5. The maximum atomic E-state index is 11.7. The van der Waals surface area contributed by atoms with E-state index in [-0.39, 0.29) is 7.34 Å². The third kappa shape index (κ3) is 5.50. The molecule has 7 heteroatoms. The lowest BCUT2D eigenvalue weighted by Gasteiger charge is -2.13. The normalized spacial score (nSPS) is 12.2. The van der Waals surface area contributed by atoms with Crippen LogP contribution in [0.25, 0.3) is 11.3 Å². The van der Waals surface area contributed by atoms with Gasteiger partial charge >= 0.3 is 5.97 Å². The zero-order valence-electron chi connectivity index (χ0n) is 16.2. The largest absolute Gasteiger partial charge is 0.481 e. The summed E-state index contributed by atoms with van der Waals surface area (Å²) < 4.78 is 0. The summed E-state index contributed by atoms with van der Waals surface area (Å²) in [6.07, 6.45) is 0.464. The van der Waals surface area contributed by atoms with Crippen LogP contribution in [-0.4, -0.2) is 22.6 Å². The van der Waals surface area contributed by atoms with Crippen molar-refractivity contribution in [2.24, 2.45) is 5.92 Å². The number of benzene rings is 2. The van der Waals surface area contributed by atoms with Gasteiger partial charge in [-0.1, -0.05) is 73.4 Å². The number of carboxylic acid groups (broad SMARTS) is 1. The Bertz CT molecular complexity index is 996. The van der Waals surface area contributed by atoms with Crippen LogP contribution in [0.2, 0.25) is 10.0 Å². The molecule has 0 amide bonds. The lowest BCUT2D eigenvalue weighted by Crippen LogP contribution is -2.25. The highest BCUT2D eigenvalue weighted by Gasteiger charge is 2.21. The standard InChI is InChI=1S/C22H22Cl2N2O2S.H2/c1-13(2)20-19(15-8-9-17(23)18(24)11-15)26-22(29-20)25-12-16(21(27)28)10-14-6-4-3-5-7-14;/h3-9,11,13,16H,10,12H2,1-2H3,(H,25,26)(H,27,28);1H. The molecule has 0 aliphatic rings. The van der Waals surface area contributed by atoms with Crippen LogP contribution in [0.1, 0.15) is 31.6 Å². The predicted molar refractivity (Wildman–Crippen MR) is 124 cm³/mol. The van der Waals surface area contributed by atoms with Crippen LogP contribution in [0.15, 0.2) is 48.5 Å². The topological polar surface area (TPSA) is 62.2 Å². The van der Waals surface area contributed by atoms with Crippen molar-refractivity contribution < 1.29 is 11.3 Å². The Kier molecular flexibility index (Phi) is 7.17. The van der Waals surface area contributed by atoms with Gasteiger partial charge in [0.25, 0.3) is 0 Å². The van der Waals surface area contributed by atoms with Crippen molar-refractivity contribution in [1.82, 2.24) is 4.98 Å². The monoisotopic (exact) mass is 450 g/mol. The number of hydrogen-bond donors (Lipinski definition) is 2. The summed E-state index contributed by atoms with van der Waals surface area (Å²) in [5.41, 5.74) is 2.74. The van der Waals surface area contributed by atoms with Gasteiger partial charge in [-0.25, -0.2) is 4.98 Å². The Morgan fingerprint density at radius 3 is 2.52 bits per heavy atom. The summed E-state index contributed by atoms with van der Waals surface area (Å²) in [6.45, 7) is 4.51. The Balaban J connectivity index is 0.00000320. The fourth-order valence-electron chi connectivity index (χ4n) is 3.01. The zero-order valence-corrected chi connectivity index (χ0v) is 18.5. The maximum Gasteiger partial charge on any atom is 0.308 e. The molecule has 0 aliphatic heterocycles. The lowest BCUT2D eigenvalue weighted by molar-refractivity contribution is -0.141. The number of nitrogens with one attached hydrogen (secondary N) is 1. The van der Waals surface area contributed by atoms with Crippen molar-refractivity contribution >= 4 is 45.6 Å². The first kappa shape index (κ1) is 21.6. The highest BCUT2D eigenvalue weighted by molar-refractivity contribution is 7.16. The van der Waals surface area contributed by atoms with E-state index in [9.17, 15) is 9.90 Å². The Morgan fingerprint density at radius 2 is 1.90 bits per heavy atom. The van der Waals surface area contributed by atoms with E-state index in [2.05, 4.69) is 19.2 Å². The fraction of sp³-hybridized carbons (Fsp3) is 0.273. The van der Waals surface area contributed by atoms with E-state index in [0.717, 1.165) is 21.7 Å². The second kappa shape index (κ2) is 9.61. The molecule has 1 aromatic heterocycles. The van der Waals surface area contributed by atoms with Gasteiger partial charge in [0.05, 0.1) is 21.7 Å². The SMILES string of the molecule is CC(C)c1sc(NCC(Cc2ccccc2)C(=O)O)nc1-c1ccc(Cl)c(Cl)c1.[HH]. The molecule has 1 atom stereocenters. The molecule has 1 heterocycles. The number of carbonyl (C=O) groups is 1. The summed E-state index contributed by atoms with van der Waals surface area (Å²) in [4.78, 5) is 17.5. The smallest absolute Gasteiger partial charge is 0.308 e. The van der Waals surface area contributed by atoms with Gasteiger partial charge in [-0.2, -0.15) is 0 Å². The molecule has 3 aromatic rings. The van der Waals surface area contributed by atoms with Crippen molar-refractivity contribution in [3.05, 3.63) is 69.0 Å². The van der Waals surface area contributed by atoms with Gasteiger partial charge in [0, 0.05) is 18.4 Å². The van der Waals surface area contributed by atoms with E-state index in [0.29, 0.717) is 28.1 Å². The van der Waals surface area contributed by atoms with E-state index in [1.54, 1.807) is 17.4 Å². The van der Waals surface area contributed by atoms with Crippen LogP contribution in [0.5, 0.6) is 0 Å². The number of hydrogen-bond acceptors (Lipinski definition) is 4. The van der Waals surface area contributed by atoms with Crippen LogP contribution < -0.4 is 5.32 Å². The molecule has 0 saturated heterocycles. The van der Waals surface area contributed by atoms with Gasteiger partial charge < -0.3 is 10.4 Å². The van der Waals surface area contributed by atoms with Crippen LogP contribution >= 0.6 is 34.5 Å². The molecule has 0 spiro atoms. The minimum atomic E-state index is -0.827. The summed E-state index contributed by atoms with van der Waals surface area (Å²) in [5, 5.41) is 14.5. The number of halogens is 2. The number of thiazole rings is 1. The number of anilines is 1. The summed E-state index contributed by atoms with van der Waals surface area (Å²) >= 11 is 13.8. The van der Waals surface area contributed by atoms with Gasteiger partial charge in [0.2, 0.25) is 0 Å². The Morgan fingerprint density at radius 1 is 1.17 bits per heavy atom. The Hall–Kier alpha value is -2.08. The highest BCUT2D eigenvalue weighted by Crippen LogP contribution is 2.38. The summed E-state index contributed by atoms with van der Waals surface area (Å²) in [5.74, 6) is -1.10. The molecule has 2 N–H and O–H groups in total. The van der Waals surface area contributed by atoms with Gasteiger partial charge in [0.15, 0.2) is 5.13 Å². The van der Waals surface area contributed by atoms with Crippen molar-refractivity contribution in [3.8, 4) is 11.3 Å². The van der Waals surface area contributed by atoms with Gasteiger partial charge in [0.1, 0.15) is 0 Å². The van der Waals surface area contributed by atoms with E-state index in [1.165, 1.54) is 0 Å². The second-order valence-corrected chi connectivity index (χ2v) is 8.97. The van der Waals surface area contributed by atoms with Crippen molar-refractivity contribution in [3.63, 3.8) is 0 Å². The molecule has 0 saturated carbocycles. The van der Waals surface area contributed by atoms with E-state index < -0.39 is 11.9 Å². The number of rotatable bonds is 8. The van der Waals surface area contributed by atoms with Gasteiger partial charge in [-0.15, -0.1) is 11.3 Å². The minimum absolute atomic E-state index is 0. The van der Waals surface area contributed by atoms with Crippen LogP contribution in [0.3, 0.4) is 0 Å². The number of carboxylic acids is 1. The first-order valence-electron chi connectivity index (χ1n) is 9.32. The molecule has 0 aliphatic carbocycles. The number of aliphatic carboxylic acids is 1. The van der Waals surface area contributed by atoms with Crippen LogP contribution in [-0.2, 0) is 11.2 Å². The van der Waals surface area contributed by atoms with E-state index >= 15 is 0 Å². The number of aromatic nitrogens is 1. The molecule has 154 valence electrons. The van der Waals surface area contributed by atoms with Crippen molar-refractivity contribution in [1.29, 1.82) is 0 Å². The van der Waals surface area contributed by atoms with E-state index in [1.807, 2.05) is 42.5 Å². The third-order valence-electron chi connectivity index (χ3n) is 4.54. The average Bonchev–Trinajstić information content (AvgIpc) is 3.12. The summed E-state index contributed by atoms with van der Waals surface area (Å²) in [6, 6.07) is 15.1. The Labute approximate surface area is 186 Å². The first-order valence-corrected chi connectivity index (χ1v) is 10.9. The minimum Gasteiger partial charge on any atom is -0.481 e. The van der Waals surface area contributed by atoms with Crippen molar-refractivity contribution in [2.75, 3.05) is 11.9 Å². The van der Waals surface area contributed by atoms with Crippen LogP contribution in [0.4, 0.5) is 5.13 Å². The molecular formula is C22H24Cl2N2O2S. The predicted octanol–water partition coefficient (Wildman–Crippen LogP) is 6.84. The summed E-state index contributed by atoms with van der Waals surface area (Å²) in [7, 11) is 0. The molecule has 0 fully saturated rings. The first-order chi connectivity index (χ1) is 13.8. The second-order valence-electron chi connectivity index (χ2n) is 7.12. The molecule has 0 bridgehead atoms.